The van der Waals surface area contributed by atoms with Crippen molar-refractivity contribution in [1.82, 2.24) is 4.98 Å². The first kappa shape index (κ1) is 13.4. The molecule has 17 heavy (non-hydrogen) atoms. The van der Waals surface area contributed by atoms with Gasteiger partial charge in [-0.1, -0.05) is 12.2 Å². The Morgan fingerprint density at radius 2 is 2.29 bits per heavy atom. The van der Waals surface area contributed by atoms with Gasteiger partial charge in [0.25, 0.3) is 0 Å². The molecule has 0 saturated heterocycles. The van der Waals surface area contributed by atoms with Crippen molar-refractivity contribution >= 4 is 29.0 Å². The van der Waals surface area contributed by atoms with Gasteiger partial charge in [0.05, 0.1) is 12.2 Å². The van der Waals surface area contributed by atoms with Crippen molar-refractivity contribution in [1.29, 1.82) is 0 Å². The number of hydrogen-bond donors (Lipinski definition) is 2. The zero-order valence-corrected chi connectivity index (χ0v) is 10.6. The Balaban J connectivity index is 2.78. The molecule has 0 aliphatic carbocycles. The van der Waals surface area contributed by atoms with E-state index in [4.69, 9.17) is 22.7 Å². The van der Waals surface area contributed by atoms with Crippen LogP contribution in [0.4, 0.5) is 5.82 Å². The Hall–Kier alpha value is -1.69. The second kappa shape index (κ2) is 6.15. The van der Waals surface area contributed by atoms with Crippen molar-refractivity contribution in [3.63, 3.8) is 0 Å². The molecular formula is C11H15N3O2S. The third-order valence-electron chi connectivity index (χ3n) is 2.01. The normalized spacial score (nSPS) is 9.76. The van der Waals surface area contributed by atoms with Gasteiger partial charge in [0.15, 0.2) is 0 Å². The lowest BCUT2D eigenvalue weighted by atomic mass is 10.2. The monoisotopic (exact) mass is 253 g/mol. The first-order valence-electron chi connectivity index (χ1n) is 5.21. The van der Waals surface area contributed by atoms with Gasteiger partial charge in [0, 0.05) is 5.69 Å². The Kier molecular flexibility index (Phi) is 4.84. The van der Waals surface area contributed by atoms with Crippen molar-refractivity contribution in [3.8, 4) is 0 Å². The fourth-order valence-corrected chi connectivity index (χ4v) is 1.42. The van der Waals surface area contributed by atoms with E-state index in [0.717, 1.165) is 5.69 Å². The number of nitrogens with zero attached hydrogens (tertiary/aromatic N) is 1. The van der Waals surface area contributed by atoms with Crippen LogP contribution in [0.25, 0.3) is 0 Å². The summed E-state index contributed by atoms with van der Waals surface area (Å²) in [5.41, 5.74) is 7.00. The first-order valence-corrected chi connectivity index (χ1v) is 5.62. The Bertz CT molecular complexity index is 435. The predicted molar refractivity (Wildman–Crippen MR) is 70.0 cm³/mol. The molecule has 1 rings (SSSR count). The second-order valence-electron chi connectivity index (χ2n) is 3.37. The molecule has 5 nitrogen and oxygen atoms in total. The number of pyridine rings is 1. The van der Waals surface area contributed by atoms with Crippen LogP contribution in [0.1, 0.15) is 18.2 Å². The van der Waals surface area contributed by atoms with Crippen LogP contribution in [0.2, 0.25) is 0 Å². The van der Waals surface area contributed by atoms with Gasteiger partial charge in [-0.25, -0.2) is 4.98 Å². The highest BCUT2D eigenvalue weighted by atomic mass is 32.1. The number of ether oxygens (including phenoxy) is 1. The molecule has 0 radical (unpaired) electrons. The van der Waals surface area contributed by atoms with E-state index >= 15 is 0 Å². The van der Waals surface area contributed by atoms with Crippen LogP contribution < -0.4 is 11.1 Å². The molecule has 3 N–H and O–H groups in total. The summed E-state index contributed by atoms with van der Waals surface area (Å²) in [5.74, 6) is 0.162. The molecule has 0 saturated carbocycles. The summed E-state index contributed by atoms with van der Waals surface area (Å²) < 4.78 is 4.80. The van der Waals surface area contributed by atoms with Gasteiger partial charge in [0.1, 0.15) is 17.4 Å². The third-order valence-corrected chi connectivity index (χ3v) is 2.23. The molecule has 0 bridgehead atoms. The highest BCUT2D eigenvalue weighted by molar-refractivity contribution is 7.80. The fraction of sp³-hybridized carbons (Fsp3) is 0.364. The van der Waals surface area contributed by atoms with E-state index in [1.165, 1.54) is 0 Å². The van der Waals surface area contributed by atoms with E-state index < -0.39 is 0 Å². The summed E-state index contributed by atoms with van der Waals surface area (Å²) in [6.07, 6.45) is 0. The van der Waals surface area contributed by atoms with E-state index in [2.05, 4.69) is 10.3 Å². The van der Waals surface area contributed by atoms with Gasteiger partial charge in [0.2, 0.25) is 0 Å². The maximum atomic E-state index is 11.2. The average Bonchev–Trinajstić information content (AvgIpc) is 2.26. The molecule has 0 aliphatic heterocycles. The number of aromatic nitrogens is 1. The average molecular weight is 253 g/mol. The number of esters is 1. The number of hydrogen-bond acceptors (Lipinski definition) is 5. The van der Waals surface area contributed by atoms with E-state index in [0.29, 0.717) is 18.0 Å². The van der Waals surface area contributed by atoms with Crippen molar-refractivity contribution in [2.24, 2.45) is 5.73 Å². The van der Waals surface area contributed by atoms with Crippen LogP contribution in [0, 0.1) is 6.92 Å². The molecule has 6 heteroatoms. The van der Waals surface area contributed by atoms with Gasteiger partial charge in [-0.2, -0.15) is 0 Å². The second-order valence-corrected chi connectivity index (χ2v) is 3.81. The molecule has 0 atom stereocenters. The van der Waals surface area contributed by atoms with Gasteiger partial charge >= 0.3 is 5.97 Å². The van der Waals surface area contributed by atoms with E-state index in [1.54, 1.807) is 13.0 Å². The maximum Gasteiger partial charge on any atom is 0.325 e. The SMILES string of the molecule is CCOC(=O)CNc1nc(C)ccc1C(N)=S. The molecule has 0 amide bonds. The Morgan fingerprint density at radius 3 is 2.88 bits per heavy atom. The smallest absolute Gasteiger partial charge is 0.325 e. The fourth-order valence-electron chi connectivity index (χ4n) is 1.26. The Morgan fingerprint density at radius 1 is 1.59 bits per heavy atom. The lowest BCUT2D eigenvalue weighted by Gasteiger charge is -2.10. The van der Waals surface area contributed by atoms with Gasteiger partial charge < -0.3 is 15.8 Å². The van der Waals surface area contributed by atoms with Crippen molar-refractivity contribution in [2.75, 3.05) is 18.5 Å². The predicted octanol–water partition coefficient (Wildman–Crippen LogP) is 0.999. The van der Waals surface area contributed by atoms with Crippen LogP contribution in [0.3, 0.4) is 0 Å². The highest BCUT2D eigenvalue weighted by Crippen LogP contribution is 2.13. The lowest BCUT2D eigenvalue weighted by molar-refractivity contribution is -0.140. The summed E-state index contributed by atoms with van der Waals surface area (Å²) in [7, 11) is 0. The number of anilines is 1. The number of carbonyl (C=O) groups excluding carboxylic acids is 1. The Labute approximate surface area is 105 Å². The van der Waals surface area contributed by atoms with E-state index in [1.807, 2.05) is 13.0 Å². The number of aryl methyl sites for hydroxylation is 1. The minimum atomic E-state index is -0.343. The summed E-state index contributed by atoms with van der Waals surface area (Å²) >= 11 is 4.91. The lowest BCUT2D eigenvalue weighted by Crippen LogP contribution is -2.20. The number of nitrogens with two attached hydrogens (primary N) is 1. The molecule has 0 unspecified atom stereocenters. The van der Waals surface area contributed by atoms with Crippen molar-refractivity contribution in [2.45, 2.75) is 13.8 Å². The highest BCUT2D eigenvalue weighted by Gasteiger charge is 2.09. The molecule has 92 valence electrons. The van der Waals surface area contributed by atoms with Gasteiger partial charge in [-0.05, 0) is 26.0 Å². The van der Waals surface area contributed by atoms with Gasteiger partial charge in [-0.3, -0.25) is 4.79 Å². The molecule has 0 aliphatic rings. The molecule has 0 fully saturated rings. The zero-order chi connectivity index (χ0) is 12.8. The number of nitrogens with one attached hydrogen (secondary N) is 1. The van der Waals surface area contributed by atoms with E-state index in [9.17, 15) is 4.79 Å². The van der Waals surface area contributed by atoms with Crippen LogP contribution >= 0.6 is 12.2 Å². The van der Waals surface area contributed by atoms with Crippen LogP contribution in [-0.4, -0.2) is 29.1 Å². The topological polar surface area (TPSA) is 77.2 Å². The summed E-state index contributed by atoms with van der Waals surface area (Å²) in [5, 5.41) is 2.87. The summed E-state index contributed by atoms with van der Waals surface area (Å²) in [4.78, 5) is 15.7. The number of thiocarbonyl (C=S) groups is 1. The van der Waals surface area contributed by atoms with Crippen LogP contribution in [0.5, 0.6) is 0 Å². The van der Waals surface area contributed by atoms with Gasteiger partial charge in [-0.15, -0.1) is 0 Å². The summed E-state index contributed by atoms with van der Waals surface area (Å²) in [6.45, 7) is 3.99. The summed E-state index contributed by atoms with van der Waals surface area (Å²) in [6, 6.07) is 3.59. The minimum Gasteiger partial charge on any atom is -0.465 e. The molecule has 0 spiro atoms. The number of carbonyl (C=O) groups is 1. The third kappa shape index (κ3) is 3.99. The standard InChI is InChI=1S/C11H15N3O2S/c1-3-16-9(15)6-13-11-8(10(12)17)5-4-7(2)14-11/h4-5H,3,6H2,1-2H3,(H2,12,17)(H,13,14). The minimum absolute atomic E-state index is 0.0416. The number of rotatable bonds is 5. The quantitative estimate of drug-likeness (QED) is 0.602. The molecule has 1 heterocycles. The molecule has 0 aromatic carbocycles. The van der Waals surface area contributed by atoms with Crippen molar-refractivity contribution in [3.05, 3.63) is 23.4 Å². The first-order chi connectivity index (χ1) is 8.04. The van der Waals surface area contributed by atoms with Crippen LogP contribution in [-0.2, 0) is 9.53 Å². The molecular weight excluding hydrogens is 238 g/mol. The molecule has 1 aromatic heterocycles. The maximum absolute atomic E-state index is 11.2. The van der Waals surface area contributed by atoms with Crippen LogP contribution in [0.15, 0.2) is 12.1 Å². The van der Waals surface area contributed by atoms with E-state index in [-0.39, 0.29) is 17.5 Å². The largest absolute Gasteiger partial charge is 0.465 e. The van der Waals surface area contributed by atoms with Crippen molar-refractivity contribution < 1.29 is 9.53 Å². The molecule has 1 aromatic rings. The zero-order valence-electron chi connectivity index (χ0n) is 9.82.